The number of allylic oxidation sites excluding steroid dienone is 1. The molecule has 196 valence electrons. The first-order valence-corrected chi connectivity index (χ1v) is 13.9. The Morgan fingerprint density at radius 3 is 2.49 bits per heavy atom. The maximum Gasteiger partial charge on any atom is 0.250 e. The Kier molecular flexibility index (Phi) is 8.01. The molecule has 1 unspecified atom stereocenters. The number of hydrogen-bond donors (Lipinski definition) is 4. The predicted octanol–water partition coefficient (Wildman–Crippen LogP) is 2.29. The van der Waals surface area contributed by atoms with Crippen molar-refractivity contribution in [2.24, 2.45) is 0 Å². The summed E-state index contributed by atoms with van der Waals surface area (Å²) in [4.78, 5) is 3.06. The van der Waals surface area contributed by atoms with Gasteiger partial charge in [0.2, 0.25) is 0 Å². The largest absolute Gasteiger partial charge is 0.388 e. The molecular weight excluding hydrogens is 514 g/mol. The molecular formula is C26H29N3O6S2. The average molecular weight is 544 g/mol. The molecule has 0 amide bonds. The van der Waals surface area contributed by atoms with Crippen LogP contribution in [0.2, 0.25) is 0 Å². The zero-order chi connectivity index (χ0) is 26.9. The van der Waals surface area contributed by atoms with Crippen molar-refractivity contribution < 1.29 is 28.5 Å². The average Bonchev–Trinajstić information content (AvgIpc) is 3.35. The van der Waals surface area contributed by atoms with Crippen LogP contribution in [0.15, 0.2) is 53.4 Å². The second-order valence-electron chi connectivity index (χ2n) is 9.17. The number of aliphatic hydroxyl groups is 3. The van der Waals surface area contributed by atoms with Crippen LogP contribution in [0.4, 0.5) is 5.69 Å². The summed E-state index contributed by atoms with van der Waals surface area (Å²) in [5, 5.41) is 41.6. The Morgan fingerprint density at radius 1 is 1.08 bits per heavy atom. The highest BCUT2D eigenvalue weighted by Crippen LogP contribution is 2.33. The van der Waals surface area contributed by atoms with E-state index in [9.17, 15) is 29.0 Å². The van der Waals surface area contributed by atoms with Gasteiger partial charge in [-0.3, -0.25) is 0 Å². The van der Waals surface area contributed by atoms with Crippen molar-refractivity contribution in [2.75, 3.05) is 25.5 Å². The summed E-state index contributed by atoms with van der Waals surface area (Å²) in [6.45, 7) is 1.13. The van der Waals surface area contributed by atoms with Gasteiger partial charge in [-0.1, -0.05) is 18.2 Å². The third kappa shape index (κ3) is 5.86. The van der Waals surface area contributed by atoms with E-state index in [2.05, 4.69) is 22.9 Å². The predicted molar refractivity (Wildman–Crippen MR) is 144 cm³/mol. The van der Waals surface area contributed by atoms with E-state index < -0.39 is 45.4 Å². The molecule has 1 fully saturated rings. The van der Waals surface area contributed by atoms with Crippen LogP contribution >= 0.6 is 11.3 Å². The molecule has 0 bridgehead atoms. The third-order valence-corrected chi connectivity index (χ3v) is 8.77. The molecule has 1 saturated heterocycles. The van der Waals surface area contributed by atoms with Gasteiger partial charge in [-0.25, -0.2) is 13.1 Å². The minimum atomic E-state index is -4.22. The first kappa shape index (κ1) is 27.2. The molecule has 0 aliphatic carbocycles. The van der Waals surface area contributed by atoms with Crippen LogP contribution in [0.3, 0.4) is 0 Å². The van der Waals surface area contributed by atoms with Crippen LogP contribution in [-0.2, 0) is 14.8 Å². The summed E-state index contributed by atoms with van der Waals surface area (Å²) in [6, 6.07) is 17.7. The third-order valence-electron chi connectivity index (χ3n) is 6.35. The second kappa shape index (κ2) is 10.9. The Bertz CT molecular complexity index is 1460. The molecule has 4 N–H and O–H groups in total. The number of anilines is 1. The van der Waals surface area contributed by atoms with Crippen molar-refractivity contribution in [1.29, 1.82) is 5.26 Å². The maximum absolute atomic E-state index is 12.8. The van der Waals surface area contributed by atoms with Crippen LogP contribution in [0.25, 0.3) is 27.3 Å². The van der Waals surface area contributed by atoms with E-state index in [1.54, 1.807) is 12.1 Å². The van der Waals surface area contributed by atoms with Gasteiger partial charge in [0.25, 0.3) is 10.0 Å². The second-order valence-corrected chi connectivity index (χ2v) is 12.0. The Morgan fingerprint density at radius 2 is 1.78 bits per heavy atom. The number of nitriles is 1. The summed E-state index contributed by atoms with van der Waals surface area (Å²) >= 11 is 1.36. The molecule has 2 aromatic carbocycles. The first-order chi connectivity index (χ1) is 17.5. The monoisotopic (exact) mass is 543 g/mol. The molecule has 3 aromatic rings. The number of nitrogens with one attached hydrogen (secondary N) is 1. The van der Waals surface area contributed by atoms with E-state index in [1.165, 1.54) is 24.3 Å². The zero-order valence-corrected chi connectivity index (χ0v) is 22.2. The number of nitrogens with zero attached hydrogens (tertiary/aromatic N) is 2. The lowest BCUT2D eigenvalue weighted by atomic mass is 9.96. The van der Waals surface area contributed by atoms with Gasteiger partial charge in [0.1, 0.15) is 30.5 Å². The summed E-state index contributed by atoms with van der Waals surface area (Å²) in [5.41, 5.74) is 2.09. The molecule has 0 spiro atoms. The molecule has 9 nitrogen and oxygen atoms in total. The van der Waals surface area contributed by atoms with E-state index in [4.69, 9.17) is 4.74 Å². The van der Waals surface area contributed by atoms with Crippen molar-refractivity contribution >= 4 is 43.9 Å². The molecule has 0 saturated carbocycles. The number of aliphatic hydroxyl groups excluding tert-OH is 3. The number of rotatable bonds is 7. The highest BCUT2D eigenvalue weighted by atomic mass is 32.2. The number of sulfonamides is 1. The zero-order valence-electron chi connectivity index (χ0n) is 20.6. The Labute approximate surface area is 219 Å². The topological polar surface area (TPSA) is 143 Å². The molecule has 5 atom stereocenters. The van der Waals surface area contributed by atoms with Gasteiger partial charge in [-0.05, 0) is 59.7 Å². The first-order valence-electron chi connectivity index (χ1n) is 11.6. The van der Waals surface area contributed by atoms with Gasteiger partial charge in [0.15, 0.2) is 4.91 Å². The number of thiophene rings is 1. The lowest BCUT2D eigenvalue weighted by Crippen LogP contribution is -2.59. The molecule has 1 aliphatic rings. The fourth-order valence-corrected chi connectivity index (χ4v) is 6.09. The summed E-state index contributed by atoms with van der Waals surface area (Å²) in [6.07, 6.45) is -4.84. The van der Waals surface area contributed by atoms with Crippen LogP contribution in [-0.4, -0.2) is 74.9 Å². The smallest absolute Gasteiger partial charge is 0.250 e. The van der Waals surface area contributed by atoms with Crippen molar-refractivity contribution in [2.45, 2.75) is 37.4 Å². The molecule has 2 heterocycles. The lowest BCUT2D eigenvalue weighted by molar-refractivity contribution is -0.214. The Balaban J connectivity index is 1.50. The fraction of sp³-hybridized carbons (Fsp3) is 0.346. The number of hydrogen-bond acceptors (Lipinski definition) is 9. The van der Waals surface area contributed by atoms with E-state index >= 15 is 0 Å². The summed E-state index contributed by atoms with van der Waals surface area (Å²) in [5.74, 6) is 0. The highest BCUT2D eigenvalue weighted by Gasteiger charge is 2.42. The maximum atomic E-state index is 12.8. The SMILES string of the molecule is CC1O[C@H](CNS(=O)(=O)/C(C#N)=C/c2ccc(-c3ccc4cc(N(C)C)ccc4c3)s2)[C@@H](O)[C@H](O)[C@H]1O. The summed E-state index contributed by atoms with van der Waals surface area (Å²) in [7, 11) is -0.238. The molecule has 11 heteroatoms. The Hall–Kier alpha value is -2.82. The number of fused-ring (bicyclic) bond motifs is 1. The van der Waals surface area contributed by atoms with Gasteiger partial charge in [0.05, 0.1) is 6.10 Å². The van der Waals surface area contributed by atoms with Gasteiger partial charge < -0.3 is 25.0 Å². The van der Waals surface area contributed by atoms with Gasteiger partial charge >= 0.3 is 0 Å². The van der Waals surface area contributed by atoms with Gasteiger partial charge in [0, 0.05) is 36.1 Å². The quantitative estimate of drug-likeness (QED) is 0.333. The van der Waals surface area contributed by atoms with E-state index in [1.807, 2.05) is 43.3 Å². The van der Waals surface area contributed by atoms with Crippen LogP contribution in [0.5, 0.6) is 0 Å². The lowest BCUT2D eigenvalue weighted by Gasteiger charge is -2.39. The van der Waals surface area contributed by atoms with Crippen molar-refractivity contribution in [1.82, 2.24) is 4.72 Å². The van der Waals surface area contributed by atoms with E-state index in [-0.39, 0.29) is 6.54 Å². The van der Waals surface area contributed by atoms with Crippen LogP contribution < -0.4 is 9.62 Å². The fourth-order valence-electron chi connectivity index (χ4n) is 4.12. The van der Waals surface area contributed by atoms with E-state index in [0.717, 1.165) is 26.9 Å². The minimum absolute atomic E-state index is 0.376. The normalized spacial score (nSPS) is 24.7. The summed E-state index contributed by atoms with van der Waals surface area (Å²) < 4.78 is 33.3. The molecule has 37 heavy (non-hydrogen) atoms. The molecule has 0 radical (unpaired) electrons. The van der Waals surface area contributed by atoms with Gasteiger partial charge in [-0.15, -0.1) is 11.3 Å². The van der Waals surface area contributed by atoms with Crippen molar-refractivity contribution in [3.63, 3.8) is 0 Å². The van der Waals surface area contributed by atoms with Gasteiger partial charge in [-0.2, -0.15) is 5.26 Å². The van der Waals surface area contributed by atoms with E-state index in [0.29, 0.717) is 4.88 Å². The molecule has 4 rings (SSSR count). The highest BCUT2D eigenvalue weighted by molar-refractivity contribution is 7.93. The number of ether oxygens (including phenoxy) is 1. The van der Waals surface area contributed by atoms with Crippen molar-refractivity contribution in [3.05, 3.63) is 58.3 Å². The molecule has 1 aliphatic heterocycles. The van der Waals surface area contributed by atoms with Crippen LogP contribution in [0.1, 0.15) is 11.8 Å². The minimum Gasteiger partial charge on any atom is -0.388 e. The van der Waals surface area contributed by atoms with Crippen LogP contribution in [0, 0.1) is 11.3 Å². The van der Waals surface area contributed by atoms with Crippen molar-refractivity contribution in [3.8, 4) is 16.5 Å². The standard InChI is InChI=1S/C26H29N3O6S2/c1-15-24(30)26(32)25(31)22(35-15)14-28-37(33,34)21(13-27)12-20-8-9-23(36-20)18-5-4-17-11-19(29(2)3)7-6-16(17)10-18/h4-12,15,22,24-26,28,30-32H,14H2,1-3H3/b21-12+/t15?,22-,24+,25-,26-/m1/s1. The molecule has 1 aromatic heterocycles. The number of benzene rings is 2.